The summed E-state index contributed by atoms with van der Waals surface area (Å²) in [6.07, 6.45) is 0. The van der Waals surface area contributed by atoms with E-state index >= 15 is 0 Å². The van der Waals surface area contributed by atoms with E-state index < -0.39 is 5.82 Å². The van der Waals surface area contributed by atoms with Crippen molar-refractivity contribution in [2.75, 3.05) is 13.8 Å². The van der Waals surface area contributed by atoms with Crippen molar-refractivity contribution in [1.82, 2.24) is 10.2 Å². The van der Waals surface area contributed by atoms with Crippen LogP contribution in [0.4, 0.5) is 9.18 Å². The lowest BCUT2D eigenvalue weighted by Gasteiger charge is -2.19. The van der Waals surface area contributed by atoms with Crippen molar-refractivity contribution in [2.24, 2.45) is 0 Å². The fraction of sp³-hybridized carbons (Fsp3) is 0.235. The minimum Gasteiger partial charge on any atom is -0.454 e. The number of nitrogens with one attached hydrogen (secondary N) is 1. The molecule has 0 spiro atoms. The molecule has 2 amide bonds. The molecule has 7 heteroatoms. The number of amides is 2. The number of rotatable bonds is 4. The van der Waals surface area contributed by atoms with Crippen molar-refractivity contribution in [1.29, 1.82) is 0 Å². The Labute approximate surface area is 143 Å². The molecule has 1 aliphatic rings. The van der Waals surface area contributed by atoms with Gasteiger partial charge in [0.2, 0.25) is 6.79 Å². The first-order chi connectivity index (χ1) is 11.5. The molecule has 0 atom stereocenters. The van der Waals surface area contributed by atoms with Crippen LogP contribution in [0.25, 0.3) is 0 Å². The van der Waals surface area contributed by atoms with E-state index in [1.54, 1.807) is 19.2 Å². The van der Waals surface area contributed by atoms with E-state index in [0.717, 1.165) is 5.56 Å². The standard InChI is InChI=1S/C17H16ClFN2O3/c1-21(9-12-13(18)3-2-4-14(12)19)17(22)20-8-11-5-6-15-16(7-11)24-10-23-15/h2-7H,8-10H2,1H3,(H,20,22). The normalized spacial score (nSPS) is 12.1. The molecular weight excluding hydrogens is 335 g/mol. The molecule has 1 aliphatic heterocycles. The maximum Gasteiger partial charge on any atom is 0.317 e. The minimum atomic E-state index is -0.432. The van der Waals surface area contributed by atoms with Gasteiger partial charge in [-0.15, -0.1) is 0 Å². The van der Waals surface area contributed by atoms with Gasteiger partial charge < -0.3 is 19.7 Å². The maximum absolute atomic E-state index is 13.8. The largest absolute Gasteiger partial charge is 0.454 e. The average molecular weight is 351 g/mol. The zero-order chi connectivity index (χ0) is 17.1. The summed E-state index contributed by atoms with van der Waals surface area (Å²) in [7, 11) is 1.58. The predicted octanol–water partition coefficient (Wildman–Crippen LogP) is 3.55. The lowest BCUT2D eigenvalue weighted by molar-refractivity contribution is 0.174. The molecule has 5 nitrogen and oxygen atoms in total. The summed E-state index contributed by atoms with van der Waals surface area (Å²) in [6.45, 7) is 0.612. The van der Waals surface area contributed by atoms with Gasteiger partial charge in [-0.1, -0.05) is 23.7 Å². The Kier molecular flexibility index (Phi) is 4.76. The Hall–Kier alpha value is -2.47. The third kappa shape index (κ3) is 3.54. The highest BCUT2D eigenvalue weighted by Gasteiger charge is 2.16. The van der Waals surface area contributed by atoms with Gasteiger partial charge in [0.05, 0.1) is 6.54 Å². The average Bonchev–Trinajstić information content (AvgIpc) is 3.03. The van der Waals surface area contributed by atoms with Crippen molar-refractivity contribution < 1.29 is 18.7 Å². The fourth-order valence-corrected chi connectivity index (χ4v) is 2.58. The molecule has 1 heterocycles. The second-order valence-corrected chi connectivity index (χ2v) is 5.81. The molecule has 0 unspecified atom stereocenters. The van der Waals surface area contributed by atoms with Crippen molar-refractivity contribution in [3.63, 3.8) is 0 Å². The van der Waals surface area contributed by atoms with E-state index in [-0.39, 0.29) is 19.4 Å². The second-order valence-electron chi connectivity index (χ2n) is 5.40. The molecule has 24 heavy (non-hydrogen) atoms. The van der Waals surface area contributed by atoms with Gasteiger partial charge in [-0.05, 0) is 29.8 Å². The second kappa shape index (κ2) is 6.97. The lowest BCUT2D eigenvalue weighted by atomic mass is 10.2. The van der Waals surface area contributed by atoms with E-state index in [1.807, 2.05) is 12.1 Å². The van der Waals surface area contributed by atoms with Crippen LogP contribution in [0.1, 0.15) is 11.1 Å². The Bertz CT molecular complexity index is 749. The number of benzene rings is 2. The Morgan fingerprint density at radius 2 is 2.08 bits per heavy atom. The number of hydrogen-bond donors (Lipinski definition) is 1. The van der Waals surface area contributed by atoms with Crippen LogP contribution in [-0.4, -0.2) is 24.8 Å². The molecule has 3 rings (SSSR count). The Morgan fingerprint density at radius 3 is 2.88 bits per heavy atom. The van der Waals surface area contributed by atoms with Gasteiger partial charge in [0, 0.05) is 24.2 Å². The zero-order valence-corrected chi connectivity index (χ0v) is 13.8. The van der Waals surface area contributed by atoms with Crippen LogP contribution in [-0.2, 0) is 13.1 Å². The molecule has 0 aliphatic carbocycles. The van der Waals surface area contributed by atoms with Gasteiger partial charge in [-0.3, -0.25) is 0 Å². The van der Waals surface area contributed by atoms with E-state index in [9.17, 15) is 9.18 Å². The summed E-state index contributed by atoms with van der Waals surface area (Å²) in [5, 5.41) is 3.07. The topological polar surface area (TPSA) is 50.8 Å². The molecule has 1 N–H and O–H groups in total. The molecular formula is C17H16ClFN2O3. The third-order valence-electron chi connectivity index (χ3n) is 3.68. The molecule has 0 fully saturated rings. The highest BCUT2D eigenvalue weighted by atomic mass is 35.5. The van der Waals surface area contributed by atoms with Crippen LogP contribution in [0, 0.1) is 5.82 Å². The van der Waals surface area contributed by atoms with Crippen LogP contribution in [0.5, 0.6) is 11.5 Å². The number of carbonyl (C=O) groups is 1. The number of ether oxygens (including phenoxy) is 2. The highest BCUT2D eigenvalue weighted by molar-refractivity contribution is 6.31. The van der Waals surface area contributed by atoms with E-state index in [4.69, 9.17) is 21.1 Å². The quantitative estimate of drug-likeness (QED) is 0.917. The van der Waals surface area contributed by atoms with E-state index in [1.165, 1.54) is 17.0 Å². The van der Waals surface area contributed by atoms with Crippen LogP contribution in [0.3, 0.4) is 0 Å². The van der Waals surface area contributed by atoms with Gasteiger partial charge in [0.1, 0.15) is 5.82 Å². The molecule has 0 radical (unpaired) electrons. The van der Waals surface area contributed by atoms with Gasteiger partial charge >= 0.3 is 6.03 Å². The Balaban J connectivity index is 1.58. The van der Waals surface area contributed by atoms with E-state index in [0.29, 0.717) is 28.6 Å². The summed E-state index contributed by atoms with van der Waals surface area (Å²) in [4.78, 5) is 13.5. The SMILES string of the molecule is CN(Cc1c(F)cccc1Cl)C(=O)NCc1ccc2c(c1)OCO2. The summed E-state index contributed by atoms with van der Waals surface area (Å²) in [5.74, 6) is 0.919. The molecule has 0 saturated carbocycles. The molecule has 0 saturated heterocycles. The first-order valence-corrected chi connectivity index (χ1v) is 7.73. The smallest absolute Gasteiger partial charge is 0.317 e. The highest BCUT2D eigenvalue weighted by Crippen LogP contribution is 2.32. The summed E-state index contributed by atoms with van der Waals surface area (Å²) in [5.41, 5.74) is 1.17. The maximum atomic E-state index is 13.8. The number of fused-ring (bicyclic) bond motifs is 1. The number of urea groups is 1. The first kappa shape index (κ1) is 16.4. The fourth-order valence-electron chi connectivity index (χ4n) is 2.36. The Morgan fingerprint density at radius 1 is 1.29 bits per heavy atom. The van der Waals surface area contributed by atoms with Crippen LogP contribution in [0.15, 0.2) is 36.4 Å². The summed E-state index contributed by atoms with van der Waals surface area (Å²) >= 11 is 5.98. The molecule has 2 aromatic rings. The van der Waals surface area contributed by atoms with Crippen LogP contribution in [0.2, 0.25) is 5.02 Å². The van der Waals surface area contributed by atoms with Gasteiger partial charge in [-0.25, -0.2) is 9.18 Å². The molecule has 0 bridgehead atoms. The predicted molar refractivity (Wildman–Crippen MR) is 87.7 cm³/mol. The lowest BCUT2D eigenvalue weighted by Crippen LogP contribution is -2.36. The van der Waals surface area contributed by atoms with Crippen molar-refractivity contribution in [2.45, 2.75) is 13.1 Å². The molecule has 2 aromatic carbocycles. The number of hydrogen-bond acceptors (Lipinski definition) is 3. The summed E-state index contributed by atoms with van der Waals surface area (Å²) in [6, 6.07) is 9.58. The first-order valence-electron chi connectivity index (χ1n) is 7.35. The number of carbonyl (C=O) groups excluding carboxylic acids is 1. The van der Waals surface area contributed by atoms with Crippen molar-refractivity contribution in [3.05, 3.63) is 58.4 Å². The van der Waals surface area contributed by atoms with E-state index in [2.05, 4.69) is 5.32 Å². The van der Waals surface area contributed by atoms with Crippen molar-refractivity contribution in [3.8, 4) is 11.5 Å². The van der Waals surface area contributed by atoms with Gasteiger partial charge in [0.25, 0.3) is 0 Å². The van der Waals surface area contributed by atoms with Crippen LogP contribution >= 0.6 is 11.6 Å². The number of nitrogens with zero attached hydrogens (tertiary/aromatic N) is 1. The van der Waals surface area contributed by atoms with Gasteiger partial charge in [-0.2, -0.15) is 0 Å². The van der Waals surface area contributed by atoms with Gasteiger partial charge in [0.15, 0.2) is 11.5 Å². The monoisotopic (exact) mass is 350 g/mol. The zero-order valence-electron chi connectivity index (χ0n) is 13.0. The summed E-state index contributed by atoms with van der Waals surface area (Å²) < 4.78 is 24.3. The molecule has 126 valence electrons. The molecule has 0 aromatic heterocycles. The third-order valence-corrected chi connectivity index (χ3v) is 4.04. The number of halogens is 2. The van der Waals surface area contributed by atoms with Crippen LogP contribution < -0.4 is 14.8 Å². The van der Waals surface area contributed by atoms with Crippen molar-refractivity contribution >= 4 is 17.6 Å². The minimum absolute atomic E-state index is 0.0818.